The summed E-state index contributed by atoms with van der Waals surface area (Å²) >= 11 is 1.29. The smallest absolute Gasteiger partial charge is 0.266 e. The number of carbonyl (C=O) groups is 1. The molecule has 1 aliphatic carbocycles. The average Bonchev–Trinajstić information content (AvgIpc) is 3.45. The van der Waals surface area contributed by atoms with E-state index in [1.807, 2.05) is 49.4 Å². The number of aromatic nitrogens is 2. The van der Waals surface area contributed by atoms with Crippen molar-refractivity contribution in [2.75, 3.05) is 5.75 Å². The largest absolute Gasteiger partial charge is 0.353 e. The molecule has 132 valence electrons. The highest BCUT2D eigenvalue weighted by atomic mass is 32.2. The van der Waals surface area contributed by atoms with Gasteiger partial charge in [0, 0.05) is 6.04 Å². The molecule has 3 aromatic rings. The Morgan fingerprint density at radius 3 is 2.65 bits per heavy atom. The number of hydrogen-bond acceptors (Lipinski definition) is 4. The van der Waals surface area contributed by atoms with E-state index < -0.39 is 0 Å². The molecule has 1 amide bonds. The number of nitrogens with zero attached hydrogens (tertiary/aromatic N) is 2. The van der Waals surface area contributed by atoms with Gasteiger partial charge in [-0.2, -0.15) is 0 Å². The number of thioether (sulfide) groups is 1. The summed E-state index contributed by atoms with van der Waals surface area (Å²) in [4.78, 5) is 29.8. The summed E-state index contributed by atoms with van der Waals surface area (Å²) in [5.74, 6) is 0.225. The highest BCUT2D eigenvalue weighted by Crippen LogP contribution is 2.23. The van der Waals surface area contributed by atoms with Gasteiger partial charge in [0.25, 0.3) is 5.56 Å². The van der Waals surface area contributed by atoms with Gasteiger partial charge < -0.3 is 5.32 Å². The zero-order chi connectivity index (χ0) is 18.1. The number of benzene rings is 2. The van der Waals surface area contributed by atoms with Crippen LogP contribution in [0.3, 0.4) is 0 Å². The van der Waals surface area contributed by atoms with Gasteiger partial charge >= 0.3 is 0 Å². The maximum absolute atomic E-state index is 13.1. The van der Waals surface area contributed by atoms with Crippen molar-refractivity contribution in [1.29, 1.82) is 0 Å². The molecule has 1 fully saturated rings. The van der Waals surface area contributed by atoms with Crippen molar-refractivity contribution in [2.45, 2.75) is 31.0 Å². The van der Waals surface area contributed by atoms with Gasteiger partial charge in [0.1, 0.15) is 0 Å². The number of amides is 1. The molecule has 2 aromatic carbocycles. The second-order valence-corrected chi connectivity index (χ2v) is 7.46. The van der Waals surface area contributed by atoms with Crippen molar-refractivity contribution in [2.24, 2.45) is 0 Å². The summed E-state index contributed by atoms with van der Waals surface area (Å²) in [7, 11) is 0. The fourth-order valence-electron chi connectivity index (χ4n) is 2.76. The Labute approximate surface area is 155 Å². The first-order chi connectivity index (χ1) is 12.6. The fraction of sp³-hybridized carbons (Fsp3) is 0.250. The van der Waals surface area contributed by atoms with Crippen molar-refractivity contribution < 1.29 is 4.79 Å². The molecule has 4 rings (SSSR count). The van der Waals surface area contributed by atoms with Crippen LogP contribution in [0.5, 0.6) is 0 Å². The van der Waals surface area contributed by atoms with Gasteiger partial charge in [0.15, 0.2) is 5.16 Å². The third kappa shape index (κ3) is 3.51. The van der Waals surface area contributed by atoms with Crippen LogP contribution >= 0.6 is 11.8 Å². The second-order valence-electron chi connectivity index (χ2n) is 6.52. The van der Waals surface area contributed by atoms with Crippen LogP contribution in [-0.2, 0) is 4.79 Å². The van der Waals surface area contributed by atoms with Crippen LogP contribution in [0.15, 0.2) is 58.5 Å². The highest BCUT2D eigenvalue weighted by molar-refractivity contribution is 7.99. The third-order valence-electron chi connectivity index (χ3n) is 4.31. The van der Waals surface area contributed by atoms with E-state index in [4.69, 9.17) is 0 Å². The minimum Gasteiger partial charge on any atom is -0.353 e. The van der Waals surface area contributed by atoms with Gasteiger partial charge in [-0.3, -0.25) is 14.2 Å². The minimum absolute atomic E-state index is 0.0182. The SMILES string of the molecule is Cc1ccc(-n2c(SCC(=O)NC3CC3)nc3ccccc3c2=O)cc1. The molecule has 26 heavy (non-hydrogen) atoms. The molecule has 0 radical (unpaired) electrons. The van der Waals surface area contributed by atoms with Crippen LogP contribution in [0.25, 0.3) is 16.6 Å². The maximum atomic E-state index is 13.1. The lowest BCUT2D eigenvalue weighted by atomic mass is 10.2. The Morgan fingerprint density at radius 1 is 1.19 bits per heavy atom. The lowest BCUT2D eigenvalue weighted by molar-refractivity contribution is -0.118. The topological polar surface area (TPSA) is 64.0 Å². The molecular formula is C20H19N3O2S. The summed E-state index contributed by atoms with van der Waals surface area (Å²) in [5.41, 5.74) is 2.40. The molecule has 1 saturated carbocycles. The minimum atomic E-state index is -0.121. The summed E-state index contributed by atoms with van der Waals surface area (Å²) in [6.45, 7) is 2.00. The molecule has 1 aliphatic rings. The number of hydrogen-bond donors (Lipinski definition) is 1. The predicted molar refractivity (Wildman–Crippen MR) is 104 cm³/mol. The quantitative estimate of drug-likeness (QED) is 0.557. The maximum Gasteiger partial charge on any atom is 0.266 e. The standard InChI is InChI=1S/C20H19N3O2S/c1-13-6-10-15(11-7-13)23-19(25)16-4-2-3-5-17(16)22-20(23)26-12-18(24)21-14-8-9-14/h2-7,10-11,14H,8-9,12H2,1H3,(H,21,24). The van der Waals surface area contributed by atoms with E-state index >= 15 is 0 Å². The number of rotatable bonds is 5. The predicted octanol–water partition coefficient (Wildman–Crippen LogP) is 3.06. The number of nitrogens with one attached hydrogen (secondary N) is 1. The van der Waals surface area contributed by atoms with E-state index in [0.29, 0.717) is 22.1 Å². The molecule has 1 heterocycles. The third-order valence-corrected chi connectivity index (χ3v) is 5.25. The molecule has 0 atom stereocenters. The molecular weight excluding hydrogens is 346 g/mol. The van der Waals surface area contributed by atoms with Crippen molar-refractivity contribution in [3.8, 4) is 5.69 Å². The van der Waals surface area contributed by atoms with Crippen LogP contribution in [-0.4, -0.2) is 27.3 Å². The lowest BCUT2D eigenvalue weighted by Gasteiger charge is -2.13. The number of para-hydroxylation sites is 1. The summed E-state index contributed by atoms with van der Waals surface area (Å²) in [6.07, 6.45) is 2.11. The zero-order valence-electron chi connectivity index (χ0n) is 14.4. The first-order valence-corrected chi connectivity index (χ1v) is 9.61. The molecule has 0 spiro atoms. The van der Waals surface area contributed by atoms with E-state index in [1.54, 1.807) is 10.6 Å². The van der Waals surface area contributed by atoms with Crippen molar-refractivity contribution in [3.05, 3.63) is 64.4 Å². The first-order valence-electron chi connectivity index (χ1n) is 8.63. The van der Waals surface area contributed by atoms with Crippen LogP contribution in [0.1, 0.15) is 18.4 Å². The number of carbonyl (C=O) groups excluding carboxylic acids is 1. The van der Waals surface area contributed by atoms with E-state index in [0.717, 1.165) is 24.1 Å². The summed E-state index contributed by atoms with van der Waals surface area (Å²) in [5, 5.41) is 4.07. The van der Waals surface area contributed by atoms with Gasteiger partial charge in [-0.25, -0.2) is 4.98 Å². The average molecular weight is 365 g/mol. The summed E-state index contributed by atoms with van der Waals surface area (Å²) < 4.78 is 1.59. The summed E-state index contributed by atoms with van der Waals surface area (Å²) in [6, 6.07) is 15.4. The molecule has 0 aliphatic heterocycles. The molecule has 0 bridgehead atoms. The molecule has 0 unspecified atom stereocenters. The van der Waals surface area contributed by atoms with E-state index in [-0.39, 0.29) is 17.2 Å². The van der Waals surface area contributed by atoms with Crippen LogP contribution < -0.4 is 10.9 Å². The van der Waals surface area contributed by atoms with Crippen LogP contribution in [0.4, 0.5) is 0 Å². The number of fused-ring (bicyclic) bond motifs is 1. The molecule has 5 nitrogen and oxygen atoms in total. The normalized spacial score (nSPS) is 13.7. The Bertz CT molecular complexity index is 1020. The van der Waals surface area contributed by atoms with Crippen molar-refractivity contribution >= 4 is 28.6 Å². The Kier molecular flexibility index (Phi) is 4.51. The van der Waals surface area contributed by atoms with Gasteiger partial charge in [0.05, 0.1) is 22.3 Å². The van der Waals surface area contributed by atoms with Gasteiger partial charge in [-0.1, -0.05) is 41.6 Å². The van der Waals surface area contributed by atoms with E-state index in [1.165, 1.54) is 11.8 Å². The fourth-order valence-corrected chi connectivity index (χ4v) is 3.58. The molecule has 0 saturated heterocycles. The van der Waals surface area contributed by atoms with Gasteiger partial charge in [-0.15, -0.1) is 0 Å². The van der Waals surface area contributed by atoms with Gasteiger partial charge in [-0.05, 0) is 44.0 Å². The zero-order valence-corrected chi connectivity index (χ0v) is 15.3. The monoisotopic (exact) mass is 365 g/mol. The second kappa shape index (κ2) is 6.96. The van der Waals surface area contributed by atoms with Gasteiger partial charge in [0.2, 0.25) is 5.91 Å². The number of aryl methyl sites for hydroxylation is 1. The molecule has 6 heteroatoms. The lowest BCUT2D eigenvalue weighted by Crippen LogP contribution is -2.28. The van der Waals surface area contributed by atoms with Crippen LogP contribution in [0, 0.1) is 6.92 Å². The van der Waals surface area contributed by atoms with E-state index in [9.17, 15) is 9.59 Å². The molecule has 1 N–H and O–H groups in total. The van der Waals surface area contributed by atoms with Crippen molar-refractivity contribution in [1.82, 2.24) is 14.9 Å². The highest BCUT2D eigenvalue weighted by Gasteiger charge is 2.23. The Balaban J connectivity index is 1.75. The Morgan fingerprint density at radius 2 is 1.92 bits per heavy atom. The first kappa shape index (κ1) is 16.8. The molecule has 1 aromatic heterocycles. The Hall–Kier alpha value is -2.60. The van der Waals surface area contributed by atoms with Crippen molar-refractivity contribution in [3.63, 3.8) is 0 Å². The van der Waals surface area contributed by atoms with Crippen LogP contribution in [0.2, 0.25) is 0 Å². The van der Waals surface area contributed by atoms with E-state index in [2.05, 4.69) is 10.3 Å².